The fourth-order valence-electron chi connectivity index (χ4n) is 3.16. The van der Waals surface area contributed by atoms with Crippen LogP contribution in [0.4, 0.5) is 0 Å². The van der Waals surface area contributed by atoms with E-state index in [0.717, 1.165) is 25.9 Å². The molecule has 2 heteroatoms. The molecule has 80 valence electrons. The summed E-state index contributed by atoms with van der Waals surface area (Å²) in [5, 5.41) is 0. The van der Waals surface area contributed by atoms with Gasteiger partial charge in [0, 0.05) is 12.3 Å². The summed E-state index contributed by atoms with van der Waals surface area (Å²) in [7, 11) is 0. The van der Waals surface area contributed by atoms with E-state index in [1.165, 1.54) is 0 Å². The molecule has 1 heterocycles. The van der Waals surface area contributed by atoms with Crippen LogP contribution in [0.3, 0.4) is 0 Å². The van der Waals surface area contributed by atoms with Crippen LogP contribution in [0.5, 0.6) is 0 Å². The molecule has 3 aliphatic rings. The van der Waals surface area contributed by atoms with Crippen LogP contribution >= 0.6 is 0 Å². The van der Waals surface area contributed by atoms with E-state index in [2.05, 4.69) is 18.2 Å². The zero-order chi connectivity index (χ0) is 10.3. The van der Waals surface area contributed by atoms with Crippen molar-refractivity contribution in [2.45, 2.75) is 25.4 Å². The zero-order valence-corrected chi connectivity index (χ0v) is 8.76. The fraction of sp³-hybridized carbons (Fsp3) is 0.615. The molecular weight excluding hydrogens is 188 g/mol. The Balaban J connectivity index is 1.86. The number of fused-ring (bicyclic) bond motifs is 3. The van der Waals surface area contributed by atoms with E-state index in [0.29, 0.717) is 29.6 Å². The van der Waals surface area contributed by atoms with Gasteiger partial charge in [-0.1, -0.05) is 18.2 Å². The normalized spacial score (nSPS) is 43.6. The van der Waals surface area contributed by atoms with Crippen LogP contribution in [0.2, 0.25) is 0 Å². The number of hydrogen-bond acceptors (Lipinski definition) is 2. The van der Waals surface area contributed by atoms with Gasteiger partial charge in [0.1, 0.15) is 0 Å². The molecule has 0 aromatic rings. The number of carbonyl (C=O) groups excluding carboxylic acids is 1. The highest BCUT2D eigenvalue weighted by molar-refractivity contribution is 5.90. The molecule has 0 bridgehead atoms. The topological polar surface area (TPSA) is 26.3 Å². The van der Waals surface area contributed by atoms with Crippen molar-refractivity contribution in [2.24, 2.45) is 17.8 Å². The summed E-state index contributed by atoms with van der Waals surface area (Å²) >= 11 is 0. The summed E-state index contributed by atoms with van der Waals surface area (Å²) in [6, 6.07) is 0. The molecule has 4 atom stereocenters. The van der Waals surface area contributed by atoms with Crippen molar-refractivity contribution in [3.8, 4) is 0 Å². The number of ketones is 1. The number of ether oxygens (including phenoxy) is 1. The molecule has 4 unspecified atom stereocenters. The highest BCUT2D eigenvalue weighted by Crippen LogP contribution is 2.41. The van der Waals surface area contributed by atoms with Gasteiger partial charge in [0.15, 0.2) is 5.78 Å². The van der Waals surface area contributed by atoms with Gasteiger partial charge in [0.05, 0.1) is 12.7 Å². The second-order valence-corrected chi connectivity index (χ2v) is 4.84. The van der Waals surface area contributed by atoms with Crippen molar-refractivity contribution in [1.82, 2.24) is 0 Å². The molecule has 3 rings (SSSR count). The average Bonchev–Trinajstić information content (AvgIpc) is 2.29. The Bertz CT molecular complexity index is 329. The van der Waals surface area contributed by atoms with Crippen LogP contribution in [0.25, 0.3) is 0 Å². The Hall–Kier alpha value is -0.890. The second kappa shape index (κ2) is 3.60. The molecule has 0 N–H and O–H groups in total. The van der Waals surface area contributed by atoms with E-state index >= 15 is 0 Å². The molecule has 0 radical (unpaired) electrons. The molecule has 1 fully saturated rings. The number of carbonyl (C=O) groups is 1. The third-order valence-electron chi connectivity index (χ3n) is 3.99. The van der Waals surface area contributed by atoms with Crippen LogP contribution in [-0.4, -0.2) is 18.5 Å². The lowest BCUT2D eigenvalue weighted by Crippen LogP contribution is -2.44. The number of hydrogen-bond donors (Lipinski definition) is 0. The van der Waals surface area contributed by atoms with Gasteiger partial charge in [-0.15, -0.1) is 0 Å². The van der Waals surface area contributed by atoms with Crippen LogP contribution in [-0.2, 0) is 9.53 Å². The van der Waals surface area contributed by atoms with Gasteiger partial charge >= 0.3 is 0 Å². The maximum absolute atomic E-state index is 11.4. The van der Waals surface area contributed by atoms with E-state index in [4.69, 9.17) is 4.74 Å². The fourth-order valence-corrected chi connectivity index (χ4v) is 3.16. The lowest BCUT2D eigenvalue weighted by atomic mass is 9.68. The lowest BCUT2D eigenvalue weighted by molar-refractivity contribution is -0.123. The maximum atomic E-state index is 11.4. The molecule has 2 nitrogen and oxygen atoms in total. The van der Waals surface area contributed by atoms with Gasteiger partial charge in [-0.2, -0.15) is 0 Å². The quantitative estimate of drug-likeness (QED) is 0.565. The second-order valence-electron chi connectivity index (χ2n) is 4.84. The predicted octanol–water partition coefficient (Wildman–Crippen LogP) is 2.11. The van der Waals surface area contributed by atoms with Gasteiger partial charge in [-0.25, -0.2) is 0 Å². The first-order chi connectivity index (χ1) is 7.34. The summed E-state index contributed by atoms with van der Waals surface area (Å²) in [6.45, 7) is 0.809. The van der Waals surface area contributed by atoms with E-state index < -0.39 is 0 Å². The van der Waals surface area contributed by atoms with E-state index in [9.17, 15) is 4.79 Å². The first-order valence-electron chi connectivity index (χ1n) is 5.82. The third kappa shape index (κ3) is 1.57. The maximum Gasteiger partial charge on any atom is 0.155 e. The minimum absolute atomic E-state index is 0.298. The van der Waals surface area contributed by atoms with Gasteiger partial charge in [-0.05, 0) is 30.8 Å². The van der Waals surface area contributed by atoms with Crippen LogP contribution in [0, 0.1) is 17.8 Å². The standard InChI is InChI=1S/C13H16O2/c14-10-6-5-9-8-15-13-4-2-1-3-11(13)12(9)7-10/h1-2,5-6,9,11-13H,3-4,7-8H2. The third-order valence-corrected chi connectivity index (χ3v) is 3.99. The Labute approximate surface area is 90.0 Å². The van der Waals surface area contributed by atoms with Crippen molar-refractivity contribution in [1.29, 1.82) is 0 Å². The van der Waals surface area contributed by atoms with Crippen molar-refractivity contribution >= 4 is 5.78 Å². The molecule has 0 spiro atoms. The van der Waals surface area contributed by atoms with Gasteiger partial charge < -0.3 is 4.74 Å². The molecule has 1 aliphatic heterocycles. The molecule has 1 saturated heterocycles. The van der Waals surface area contributed by atoms with E-state index in [1.54, 1.807) is 6.08 Å². The monoisotopic (exact) mass is 204 g/mol. The molecule has 0 saturated carbocycles. The Kier molecular flexibility index (Phi) is 2.24. The first kappa shape index (κ1) is 9.34. The molecule has 0 aromatic carbocycles. The highest BCUT2D eigenvalue weighted by Gasteiger charge is 2.41. The summed E-state index contributed by atoms with van der Waals surface area (Å²) in [5.41, 5.74) is 0. The number of allylic oxidation sites excluding steroid dienone is 2. The van der Waals surface area contributed by atoms with Gasteiger partial charge in [-0.3, -0.25) is 4.79 Å². The Morgan fingerprint density at radius 2 is 2.07 bits per heavy atom. The largest absolute Gasteiger partial charge is 0.377 e. The van der Waals surface area contributed by atoms with Crippen LogP contribution in [0.15, 0.2) is 24.3 Å². The summed E-state index contributed by atoms with van der Waals surface area (Å²) in [4.78, 5) is 11.4. The SMILES string of the molecule is O=C1C=CC2COC3CC=CCC3C2C1. The minimum Gasteiger partial charge on any atom is -0.377 e. The molecule has 0 amide bonds. The minimum atomic E-state index is 0.298. The highest BCUT2D eigenvalue weighted by atomic mass is 16.5. The first-order valence-corrected chi connectivity index (χ1v) is 5.82. The Morgan fingerprint density at radius 3 is 3.00 bits per heavy atom. The van der Waals surface area contributed by atoms with Crippen molar-refractivity contribution in [2.75, 3.05) is 6.61 Å². The summed E-state index contributed by atoms with van der Waals surface area (Å²) in [5.74, 6) is 1.88. The molecular formula is C13H16O2. The zero-order valence-electron chi connectivity index (χ0n) is 8.76. The average molecular weight is 204 g/mol. The molecule has 15 heavy (non-hydrogen) atoms. The smallest absolute Gasteiger partial charge is 0.155 e. The van der Waals surface area contributed by atoms with Crippen molar-refractivity contribution < 1.29 is 9.53 Å². The number of rotatable bonds is 0. The summed E-state index contributed by atoms with van der Waals surface area (Å²) < 4.78 is 5.87. The van der Waals surface area contributed by atoms with E-state index in [1.807, 2.05) is 0 Å². The lowest BCUT2D eigenvalue weighted by Gasteiger charge is -2.44. The summed E-state index contributed by atoms with van der Waals surface area (Å²) in [6.07, 6.45) is 11.5. The predicted molar refractivity (Wildman–Crippen MR) is 57.3 cm³/mol. The Morgan fingerprint density at radius 1 is 1.20 bits per heavy atom. The van der Waals surface area contributed by atoms with Crippen LogP contribution in [0.1, 0.15) is 19.3 Å². The van der Waals surface area contributed by atoms with Gasteiger partial charge in [0.2, 0.25) is 0 Å². The van der Waals surface area contributed by atoms with Crippen molar-refractivity contribution in [3.63, 3.8) is 0 Å². The van der Waals surface area contributed by atoms with Crippen molar-refractivity contribution in [3.05, 3.63) is 24.3 Å². The molecule has 2 aliphatic carbocycles. The van der Waals surface area contributed by atoms with Crippen LogP contribution < -0.4 is 0 Å². The van der Waals surface area contributed by atoms with E-state index in [-0.39, 0.29) is 0 Å². The molecule has 0 aromatic heterocycles. The van der Waals surface area contributed by atoms with Gasteiger partial charge in [0.25, 0.3) is 0 Å².